The van der Waals surface area contributed by atoms with E-state index in [2.05, 4.69) is 12.6 Å². The molecular weight excluding hydrogens is 267 g/mol. The Labute approximate surface area is 117 Å². The molecule has 6 heteroatoms. The molecule has 0 aliphatic heterocycles. The second kappa shape index (κ2) is 7.13. The van der Waals surface area contributed by atoms with E-state index >= 15 is 0 Å². The zero-order valence-corrected chi connectivity index (χ0v) is 11.6. The van der Waals surface area contributed by atoms with Gasteiger partial charge in [0.1, 0.15) is 5.82 Å². The van der Waals surface area contributed by atoms with Gasteiger partial charge in [0.25, 0.3) is 5.91 Å². The molecule has 1 aromatic carbocycles. The van der Waals surface area contributed by atoms with Gasteiger partial charge in [-0.15, -0.1) is 12.6 Å². The van der Waals surface area contributed by atoms with E-state index in [0.29, 0.717) is 12.1 Å². The standard InChI is InChI=1S/C13H17FN2O2S/c1-2-3-6-16(8-12(15)17)13(18)9-4-5-10(14)11(19)7-9/h4-5,7,19H,2-3,6,8H2,1H3,(H2,15,17). The van der Waals surface area contributed by atoms with Gasteiger partial charge in [-0.1, -0.05) is 13.3 Å². The predicted octanol–water partition coefficient (Wildman–Crippen LogP) is 1.84. The quantitative estimate of drug-likeness (QED) is 0.783. The molecule has 2 amide bonds. The van der Waals surface area contributed by atoms with Gasteiger partial charge in [-0.25, -0.2) is 4.39 Å². The molecule has 0 heterocycles. The Kier molecular flexibility index (Phi) is 5.82. The maximum atomic E-state index is 13.1. The molecule has 104 valence electrons. The molecule has 0 bridgehead atoms. The lowest BCUT2D eigenvalue weighted by Crippen LogP contribution is -2.39. The molecule has 0 fully saturated rings. The molecule has 1 aromatic rings. The van der Waals surface area contributed by atoms with Gasteiger partial charge in [-0.2, -0.15) is 0 Å². The van der Waals surface area contributed by atoms with Crippen LogP contribution in [-0.2, 0) is 4.79 Å². The minimum atomic E-state index is -0.572. The number of nitrogens with zero attached hydrogens (tertiary/aromatic N) is 1. The van der Waals surface area contributed by atoms with E-state index in [9.17, 15) is 14.0 Å². The van der Waals surface area contributed by atoms with Crippen LogP contribution in [0.15, 0.2) is 23.1 Å². The zero-order valence-electron chi connectivity index (χ0n) is 10.7. The fourth-order valence-electron chi connectivity index (χ4n) is 1.62. The van der Waals surface area contributed by atoms with E-state index in [1.807, 2.05) is 6.92 Å². The van der Waals surface area contributed by atoms with Crippen molar-refractivity contribution in [1.29, 1.82) is 0 Å². The minimum absolute atomic E-state index is 0.0976. The third-order valence-electron chi connectivity index (χ3n) is 2.61. The van der Waals surface area contributed by atoms with Crippen molar-refractivity contribution in [3.63, 3.8) is 0 Å². The first-order valence-electron chi connectivity index (χ1n) is 6.01. The molecule has 0 aromatic heterocycles. The number of carbonyl (C=O) groups is 2. The van der Waals surface area contributed by atoms with Crippen molar-refractivity contribution in [1.82, 2.24) is 4.90 Å². The molecule has 0 saturated carbocycles. The van der Waals surface area contributed by atoms with Gasteiger partial charge < -0.3 is 10.6 Å². The molecule has 0 radical (unpaired) electrons. The molecular formula is C13H17FN2O2S. The summed E-state index contributed by atoms with van der Waals surface area (Å²) in [7, 11) is 0. The molecule has 1 rings (SSSR count). The van der Waals surface area contributed by atoms with Crippen molar-refractivity contribution in [3.05, 3.63) is 29.6 Å². The van der Waals surface area contributed by atoms with Gasteiger partial charge in [0.2, 0.25) is 5.91 Å². The minimum Gasteiger partial charge on any atom is -0.368 e. The topological polar surface area (TPSA) is 63.4 Å². The van der Waals surface area contributed by atoms with Crippen molar-refractivity contribution in [3.8, 4) is 0 Å². The Morgan fingerprint density at radius 1 is 1.42 bits per heavy atom. The second-order valence-electron chi connectivity index (χ2n) is 4.21. The number of amides is 2. The van der Waals surface area contributed by atoms with E-state index in [1.54, 1.807) is 0 Å². The SMILES string of the molecule is CCCCN(CC(N)=O)C(=O)c1ccc(F)c(S)c1. The van der Waals surface area contributed by atoms with Crippen LogP contribution in [0.1, 0.15) is 30.1 Å². The fourth-order valence-corrected chi connectivity index (χ4v) is 1.83. The molecule has 0 spiro atoms. The number of primary amides is 1. The first-order valence-corrected chi connectivity index (χ1v) is 6.46. The Balaban J connectivity index is 2.90. The van der Waals surface area contributed by atoms with E-state index < -0.39 is 11.7 Å². The van der Waals surface area contributed by atoms with Crippen LogP contribution in [0, 0.1) is 5.82 Å². The number of benzene rings is 1. The molecule has 0 saturated heterocycles. The monoisotopic (exact) mass is 284 g/mol. The van der Waals surface area contributed by atoms with Crippen LogP contribution < -0.4 is 5.73 Å². The number of unbranched alkanes of at least 4 members (excludes halogenated alkanes) is 1. The summed E-state index contributed by atoms with van der Waals surface area (Å²) in [5, 5.41) is 0. The largest absolute Gasteiger partial charge is 0.368 e. The highest BCUT2D eigenvalue weighted by Gasteiger charge is 2.18. The third-order valence-corrected chi connectivity index (χ3v) is 2.95. The number of nitrogens with two attached hydrogens (primary N) is 1. The molecule has 0 atom stereocenters. The number of hydrogen-bond acceptors (Lipinski definition) is 3. The number of thiol groups is 1. The Hall–Kier alpha value is -1.56. The van der Waals surface area contributed by atoms with Gasteiger partial charge in [-0.3, -0.25) is 9.59 Å². The molecule has 0 unspecified atom stereocenters. The molecule has 0 aliphatic carbocycles. The Bertz CT molecular complexity index is 480. The summed E-state index contributed by atoms with van der Waals surface area (Å²) in [6.07, 6.45) is 1.66. The summed E-state index contributed by atoms with van der Waals surface area (Å²) in [5.74, 6) is -1.41. The number of halogens is 1. The highest BCUT2D eigenvalue weighted by molar-refractivity contribution is 7.80. The lowest BCUT2D eigenvalue weighted by atomic mass is 10.2. The highest BCUT2D eigenvalue weighted by atomic mass is 32.1. The normalized spacial score (nSPS) is 10.3. The van der Waals surface area contributed by atoms with E-state index in [0.717, 1.165) is 12.8 Å². The van der Waals surface area contributed by atoms with Gasteiger partial charge in [0.15, 0.2) is 0 Å². The second-order valence-corrected chi connectivity index (χ2v) is 4.69. The molecule has 4 nitrogen and oxygen atoms in total. The van der Waals surface area contributed by atoms with Crippen LogP contribution in [0.2, 0.25) is 0 Å². The lowest BCUT2D eigenvalue weighted by Gasteiger charge is -2.21. The van der Waals surface area contributed by atoms with Crippen LogP contribution in [0.5, 0.6) is 0 Å². The Morgan fingerprint density at radius 3 is 2.63 bits per heavy atom. The number of carbonyl (C=O) groups excluding carboxylic acids is 2. The van der Waals surface area contributed by atoms with Crippen LogP contribution in [0.3, 0.4) is 0 Å². The van der Waals surface area contributed by atoms with Crippen molar-refractivity contribution in [2.24, 2.45) is 5.73 Å². The van der Waals surface area contributed by atoms with Gasteiger partial charge in [0.05, 0.1) is 6.54 Å². The third kappa shape index (κ3) is 4.55. The van der Waals surface area contributed by atoms with Gasteiger partial charge in [0, 0.05) is 17.0 Å². The smallest absolute Gasteiger partial charge is 0.254 e. The summed E-state index contributed by atoms with van der Waals surface area (Å²) in [6.45, 7) is 2.28. The van der Waals surface area contributed by atoms with Crippen molar-refractivity contribution >= 4 is 24.4 Å². The maximum absolute atomic E-state index is 13.1. The number of hydrogen-bond donors (Lipinski definition) is 2. The van der Waals surface area contributed by atoms with Gasteiger partial charge in [-0.05, 0) is 24.6 Å². The van der Waals surface area contributed by atoms with E-state index in [-0.39, 0.29) is 17.3 Å². The number of rotatable bonds is 6. The van der Waals surface area contributed by atoms with Crippen molar-refractivity contribution in [2.75, 3.05) is 13.1 Å². The van der Waals surface area contributed by atoms with Crippen LogP contribution in [0.25, 0.3) is 0 Å². The summed E-state index contributed by atoms with van der Waals surface area (Å²) >= 11 is 3.93. The predicted molar refractivity (Wildman–Crippen MR) is 73.7 cm³/mol. The summed E-state index contributed by atoms with van der Waals surface area (Å²) in [4.78, 5) is 24.7. The van der Waals surface area contributed by atoms with Crippen molar-refractivity contribution in [2.45, 2.75) is 24.7 Å². The molecule has 19 heavy (non-hydrogen) atoms. The molecule has 2 N–H and O–H groups in total. The lowest BCUT2D eigenvalue weighted by molar-refractivity contribution is -0.118. The first-order chi connectivity index (χ1) is 8.95. The highest BCUT2D eigenvalue weighted by Crippen LogP contribution is 2.16. The van der Waals surface area contributed by atoms with E-state index in [4.69, 9.17) is 5.73 Å². The fraction of sp³-hybridized carbons (Fsp3) is 0.385. The average Bonchev–Trinajstić information content (AvgIpc) is 2.36. The van der Waals surface area contributed by atoms with Gasteiger partial charge >= 0.3 is 0 Å². The summed E-state index contributed by atoms with van der Waals surface area (Å²) in [5.41, 5.74) is 5.42. The molecule has 0 aliphatic rings. The Morgan fingerprint density at radius 2 is 2.11 bits per heavy atom. The first kappa shape index (κ1) is 15.5. The van der Waals surface area contributed by atoms with Crippen molar-refractivity contribution < 1.29 is 14.0 Å². The maximum Gasteiger partial charge on any atom is 0.254 e. The summed E-state index contributed by atoms with van der Waals surface area (Å²) in [6, 6.07) is 3.90. The van der Waals surface area contributed by atoms with Crippen LogP contribution >= 0.6 is 12.6 Å². The van der Waals surface area contributed by atoms with Crippen LogP contribution in [-0.4, -0.2) is 29.8 Å². The average molecular weight is 284 g/mol. The van der Waals surface area contributed by atoms with E-state index in [1.165, 1.54) is 23.1 Å². The summed E-state index contributed by atoms with van der Waals surface area (Å²) < 4.78 is 13.1. The zero-order chi connectivity index (χ0) is 14.4. The van der Waals surface area contributed by atoms with Crippen LogP contribution in [0.4, 0.5) is 4.39 Å².